The Morgan fingerprint density at radius 3 is 2.61 bits per heavy atom. The highest BCUT2D eigenvalue weighted by Gasteiger charge is 2.16. The van der Waals surface area contributed by atoms with Crippen molar-refractivity contribution in [2.75, 3.05) is 0 Å². The van der Waals surface area contributed by atoms with Gasteiger partial charge in [-0.25, -0.2) is 0 Å². The lowest BCUT2D eigenvalue weighted by Gasteiger charge is -2.08. The molecule has 0 saturated carbocycles. The van der Waals surface area contributed by atoms with Crippen LogP contribution in [0, 0.1) is 0 Å². The van der Waals surface area contributed by atoms with E-state index in [-0.39, 0.29) is 11.5 Å². The van der Waals surface area contributed by atoms with Gasteiger partial charge in [-0.3, -0.25) is 9.59 Å². The van der Waals surface area contributed by atoms with Crippen molar-refractivity contribution >= 4 is 11.7 Å². The summed E-state index contributed by atoms with van der Waals surface area (Å²) in [7, 11) is 0. The first-order valence-electron chi connectivity index (χ1n) is 5.57. The van der Waals surface area contributed by atoms with Crippen LogP contribution in [0.25, 0.3) is 0 Å². The van der Waals surface area contributed by atoms with Crippen LogP contribution in [0.3, 0.4) is 0 Å². The first-order chi connectivity index (χ1) is 8.59. The van der Waals surface area contributed by atoms with Crippen LogP contribution in [0.5, 0.6) is 0 Å². The molecule has 1 atom stereocenters. The molecule has 0 aliphatic carbocycles. The molecule has 1 amide bonds. The van der Waals surface area contributed by atoms with Gasteiger partial charge in [-0.05, 0) is 30.7 Å². The minimum absolute atomic E-state index is 0.210. The molecule has 2 N–H and O–H groups in total. The number of primary amides is 1. The summed E-state index contributed by atoms with van der Waals surface area (Å²) in [6, 6.07) is 10.1. The van der Waals surface area contributed by atoms with Crippen LogP contribution in [-0.4, -0.2) is 11.7 Å². The average molecular weight is 243 g/mol. The Bertz CT molecular complexity index is 572. The van der Waals surface area contributed by atoms with Crippen molar-refractivity contribution < 1.29 is 14.0 Å². The zero-order valence-corrected chi connectivity index (χ0v) is 9.92. The number of ketones is 1. The van der Waals surface area contributed by atoms with Crippen LogP contribution < -0.4 is 5.73 Å². The fourth-order valence-corrected chi connectivity index (χ4v) is 1.66. The minimum Gasteiger partial charge on any atom is -0.461 e. The number of carbonyl (C=O) groups excluding carboxylic acids is 2. The van der Waals surface area contributed by atoms with Crippen LogP contribution in [0.4, 0.5) is 0 Å². The Morgan fingerprint density at radius 1 is 1.22 bits per heavy atom. The van der Waals surface area contributed by atoms with Gasteiger partial charge in [0.1, 0.15) is 0 Å². The highest BCUT2D eigenvalue weighted by atomic mass is 16.3. The smallest absolute Gasteiger partial charge is 0.228 e. The Labute approximate surface area is 104 Å². The maximum Gasteiger partial charge on any atom is 0.228 e. The molecule has 92 valence electrons. The van der Waals surface area contributed by atoms with Crippen LogP contribution in [0.2, 0.25) is 0 Å². The molecule has 4 nitrogen and oxygen atoms in total. The number of carbonyl (C=O) groups is 2. The topological polar surface area (TPSA) is 73.3 Å². The second kappa shape index (κ2) is 4.87. The van der Waals surface area contributed by atoms with Gasteiger partial charge in [0.2, 0.25) is 11.7 Å². The molecule has 18 heavy (non-hydrogen) atoms. The van der Waals surface area contributed by atoms with Crippen LogP contribution in [0.15, 0.2) is 47.1 Å². The average Bonchev–Trinajstić information content (AvgIpc) is 2.91. The number of benzene rings is 1. The molecule has 0 fully saturated rings. The van der Waals surface area contributed by atoms with E-state index < -0.39 is 11.8 Å². The van der Waals surface area contributed by atoms with Gasteiger partial charge in [0.25, 0.3) is 0 Å². The highest BCUT2D eigenvalue weighted by molar-refractivity contribution is 6.07. The SMILES string of the molecule is C[C@@H](C(N)=O)c1cccc(C(=O)c2ccco2)c1. The molecule has 4 heteroatoms. The Hall–Kier alpha value is -2.36. The molecule has 0 radical (unpaired) electrons. The highest BCUT2D eigenvalue weighted by Crippen LogP contribution is 2.18. The van der Waals surface area contributed by atoms with Crippen molar-refractivity contribution in [2.45, 2.75) is 12.8 Å². The Balaban J connectivity index is 2.33. The number of nitrogens with two attached hydrogens (primary N) is 1. The lowest BCUT2D eigenvalue weighted by Crippen LogP contribution is -2.19. The summed E-state index contributed by atoms with van der Waals surface area (Å²) < 4.78 is 5.06. The molecule has 0 spiro atoms. The van der Waals surface area contributed by atoms with Crippen molar-refractivity contribution in [3.05, 3.63) is 59.5 Å². The van der Waals surface area contributed by atoms with Gasteiger partial charge >= 0.3 is 0 Å². The fraction of sp³-hybridized carbons (Fsp3) is 0.143. The van der Waals surface area contributed by atoms with Crippen molar-refractivity contribution in [2.24, 2.45) is 5.73 Å². The van der Waals surface area contributed by atoms with Gasteiger partial charge in [0.05, 0.1) is 12.2 Å². The third kappa shape index (κ3) is 2.32. The van der Waals surface area contributed by atoms with Gasteiger partial charge in [-0.1, -0.05) is 18.2 Å². The zero-order valence-electron chi connectivity index (χ0n) is 9.92. The third-order valence-corrected chi connectivity index (χ3v) is 2.82. The van der Waals surface area contributed by atoms with Crippen molar-refractivity contribution in [1.82, 2.24) is 0 Å². The molecule has 2 rings (SSSR count). The van der Waals surface area contributed by atoms with Gasteiger partial charge in [0, 0.05) is 5.56 Å². The number of hydrogen-bond acceptors (Lipinski definition) is 3. The summed E-state index contributed by atoms with van der Waals surface area (Å²) in [5.41, 5.74) is 6.45. The van der Waals surface area contributed by atoms with E-state index >= 15 is 0 Å². The molecular formula is C14H13NO3. The van der Waals surface area contributed by atoms with E-state index in [0.717, 1.165) is 5.56 Å². The molecule has 0 bridgehead atoms. The lowest BCUT2D eigenvalue weighted by atomic mass is 9.97. The maximum atomic E-state index is 12.0. The van der Waals surface area contributed by atoms with E-state index in [4.69, 9.17) is 10.2 Å². The summed E-state index contributed by atoms with van der Waals surface area (Å²) in [6.07, 6.45) is 1.45. The molecule has 1 aromatic carbocycles. The third-order valence-electron chi connectivity index (χ3n) is 2.82. The van der Waals surface area contributed by atoms with Gasteiger partial charge in [0.15, 0.2) is 5.76 Å². The van der Waals surface area contributed by atoms with Gasteiger partial charge in [-0.2, -0.15) is 0 Å². The summed E-state index contributed by atoms with van der Waals surface area (Å²) in [4.78, 5) is 23.2. The van der Waals surface area contributed by atoms with E-state index in [2.05, 4.69) is 0 Å². The molecular weight excluding hydrogens is 230 g/mol. The summed E-state index contributed by atoms with van der Waals surface area (Å²) in [6.45, 7) is 1.71. The lowest BCUT2D eigenvalue weighted by molar-refractivity contribution is -0.119. The Morgan fingerprint density at radius 2 is 2.00 bits per heavy atom. The summed E-state index contributed by atoms with van der Waals surface area (Å²) >= 11 is 0. The largest absolute Gasteiger partial charge is 0.461 e. The van der Waals surface area contributed by atoms with E-state index in [1.165, 1.54) is 6.26 Å². The summed E-state index contributed by atoms with van der Waals surface area (Å²) in [5.74, 6) is -0.774. The van der Waals surface area contributed by atoms with Crippen molar-refractivity contribution in [1.29, 1.82) is 0 Å². The van der Waals surface area contributed by atoms with E-state index in [0.29, 0.717) is 5.56 Å². The maximum absolute atomic E-state index is 12.0. The first-order valence-corrected chi connectivity index (χ1v) is 5.57. The molecule has 0 aliphatic rings. The number of amides is 1. The standard InChI is InChI=1S/C14H13NO3/c1-9(14(15)17)10-4-2-5-11(8-10)13(16)12-6-3-7-18-12/h2-9H,1H3,(H2,15,17)/t9-/m1/s1. The second-order valence-corrected chi connectivity index (χ2v) is 4.06. The predicted octanol–water partition coefficient (Wildman–Crippen LogP) is 2.10. The molecule has 0 unspecified atom stereocenters. The van der Waals surface area contributed by atoms with E-state index in [9.17, 15) is 9.59 Å². The number of rotatable bonds is 4. The van der Waals surface area contributed by atoms with Crippen LogP contribution in [-0.2, 0) is 4.79 Å². The van der Waals surface area contributed by atoms with Crippen molar-refractivity contribution in [3.8, 4) is 0 Å². The molecule has 0 aliphatic heterocycles. The van der Waals surface area contributed by atoms with E-state index in [1.807, 2.05) is 0 Å². The zero-order chi connectivity index (χ0) is 13.1. The van der Waals surface area contributed by atoms with Crippen LogP contribution in [0.1, 0.15) is 34.5 Å². The monoisotopic (exact) mass is 243 g/mol. The Kier molecular flexibility index (Phi) is 3.28. The number of hydrogen-bond donors (Lipinski definition) is 1. The second-order valence-electron chi connectivity index (χ2n) is 4.06. The van der Waals surface area contributed by atoms with Crippen LogP contribution >= 0.6 is 0 Å². The van der Waals surface area contributed by atoms with Gasteiger partial charge < -0.3 is 10.2 Å². The van der Waals surface area contributed by atoms with Gasteiger partial charge in [-0.15, -0.1) is 0 Å². The fourth-order valence-electron chi connectivity index (χ4n) is 1.66. The molecule has 1 aromatic heterocycles. The minimum atomic E-state index is -0.422. The number of furan rings is 1. The quantitative estimate of drug-likeness (QED) is 0.835. The normalized spacial score (nSPS) is 12.1. The summed E-state index contributed by atoms with van der Waals surface area (Å²) in [5, 5.41) is 0. The van der Waals surface area contributed by atoms with E-state index in [1.54, 1.807) is 43.3 Å². The molecule has 2 aromatic rings. The van der Waals surface area contributed by atoms with Crippen molar-refractivity contribution in [3.63, 3.8) is 0 Å². The predicted molar refractivity (Wildman–Crippen MR) is 66.2 cm³/mol. The molecule has 1 heterocycles. The molecule has 0 saturated heterocycles. The first kappa shape index (κ1) is 12.1.